The van der Waals surface area contributed by atoms with Gasteiger partial charge >= 0.3 is 0 Å². The Balaban J connectivity index is 1.56. The van der Waals surface area contributed by atoms with Crippen LogP contribution in [0.25, 0.3) is 0 Å². The van der Waals surface area contributed by atoms with Gasteiger partial charge in [0.2, 0.25) is 0 Å². The Hall–Kier alpha value is -2.11. The Labute approximate surface area is 160 Å². The second kappa shape index (κ2) is 6.50. The summed E-state index contributed by atoms with van der Waals surface area (Å²) in [6, 6.07) is 2.44. The zero-order chi connectivity index (χ0) is 18.5. The van der Waals surface area contributed by atoms with Crippen LogP contribution in [0.5, 0.6) is 0 Å². The third-order valence-corrected chi connectivity index (χ3v) is 6.23. The van der Waals surface area contributed by atoms with Gasteiger partial charge in [0.05, 0.1) is 17.6 Å². The summed E-state index contributed by atoms with van der Waals surface area (Å²) in [5, 5.41) is 0. The number of ether oxygens (including phenoxy) is 1. The minimum atomic E-state index is -0.385. The number of aromatic nitrogens is 1. The van der Waals surface area contributed by atoms with Crippen molar-refractivity contribution in [2.24, 2.45) is 23.3 Å². The minimum absolute atomic E-state index is 0.275. The average Bonchev–Trinajstić information content (AvgIpc) is 3.41. The molecule has 2 fully saturated rings. The molecule has 0 aromatic carbocycles. The lowest BCUT2D eigenvalue weighted by Gasteiger charge is -2.35. The molecule has 4 atom stereocenters. The lowest BCUT2D eigenvalue weighted by Crippen LogP contribution is -2.31. The molecule has 0 amide bonds. The van der Waals surface area contributed by atoms with E-state index >= 15 is 0 Å². The summed E-state index contributed by atoms with van der Waals surface area (Å²) in [4.78, 5) is 6.70. The number of rotatable bonds is 3. The van der Waals surface area contributed by atoms with Gasteiger partial charge in [-0.25, -0.2) is 0 Å². The Morgan fingerprint density at radius 2 is 2.00 bits per heavy atom. The number of hydrogen-bond acceptors (Lipinski definition) is 5. The molecule has 1 aromatic heterocycles. The highest BCUT2D eigenvalue weighted by Gasteiger charge is 2.35. The number of anilines is 1. The fourth-order valence-electron chi connectivity index (χ4n) is 4.89. The van der Waals surface area contributed by atoms with Crippen LogP contribution in [-0.4, -0.2) is 17.3 Å². The predicted octanol–water partition coefficient (Wildman–Crippen LogP) is 3.51. The van der Waals surface area contributed by atoms with E-state index < -0.39 is 0 Å². The number of allylic oxidation sites excluding steroid dienone is 2. The minimum Gasteiger partial charge on any atom is -0.470 e. The second-order valence-corrected chi connectivity index (χ2v) is 8.62. The maximum atomic E-state index is 6.36. The molecule has 4 N–H and O–H groups in total. The van der Waals surface area contributed by atoms with Crippen LogP contribution in [0.2, 0.25) is 0 Å². The van der Waals surface area contributed by atoms with Crippen molar-refractivity contribution in [1.29, 1.82) is 0 Å². The van der Waals surface area contributed by atoms with Gasteiger partial charge in [0.15, 0.2) is 6.23 Å². The summed E-state index contributed by atoms with van der Waals surface area (Å²) in [6.45, 7) is 2.31. The van der Waals surface area contributed by atoms with Crippen molar-refractivity contribution < 1.29 is 4.74 Å². The molecule has 3 heterocycles. The monoisotopic (exact) mass is 364 g/mol. The molecule has 0 bridgehead atoms. The first-order valence-corrected chi connectivity index (χ1v) is 10.1. The first-order valence-electron chi connectivity index (χ1n) is 10.1. The zero-order valence-corrected chi connectivity index (χ0v) is 15.8. The van der Waals surface area contributed by atoms with Gasteiger partial charge in [-0.1, -0.05) is 6.92 Å². The first kappa shape index (κ1) is 17.0. The van der Waals surface area contributed by atoms with Crippen LogP contribution >= 0.6 is 0 Å². The van der Waals surface area contributed by atoms with E-state index in [1.54, 1.807) is 0 Å². The Morgan fingerprint density at radius 1 is 1.15 bits per heavy atom. The van der Waals surface area contributed by atoms with E-state index in [2.05, 4.69) is 35.1 Å². The van der Waals surface area contributed by atoms with E-state index in [0.717, 1.165) is 30.0 Å². The second-order valence-electron chi connectivity index (χ2n) is 8.62. The molecule has 5 nitrogen and oxygen atoms in total. The highest BCUT2D eigenvalue weighted by atomic mass is 16.5. The van der Waals surface area contributed by atoms with Crippen molar-refractivity contribution >= 4 is 5.69 Å². The van der Waals surface area contributed by atoms with Crippen LogP contribution in [-0.2, 0) is 4.74 Å². The third-order valence-electron chi connectivity index (χ3n) is 6.23. The first-order chi connectivity index (χ1) is 13.1. The van der Waals surface area contributed by atoms with E-state index in [9.17, 15) is 0 Å². The zero-order valence-electron chi connectivity index (χ0n) is 15.8. The van der Waals surface area contributed by atoms with Crippen molar-refractivity contribution in [3.63, 3.8) is 0 Å². The van der Waals surface area contributed by atoms with Crippen LogP contribution in [0.4, 0.5) is 5.69 Å². The molecule has 2 aliphatic heterocycles. The number of pyridine rings is 1. The molecule has 142 valence electrons. The summed E-state index contributed by atoms with van der Waals surface area (Å²) < 4.78 is 5.87. The fourth-order valence-corrected chi connectivity index (χ4v) is 4.89. The molecule has 4 unspecified atom stereocenters. The topological polar surface area (TPSA) is 77.4 Å². The summed E-state index contributed by atoms with van der Waals surface area (Å²) >= 11 is 0. The van der Waals surface area contributed by atoms with Crippen LogP contribution in [0.1, 0.15) is 50.5 Å². The van der Waals surface area contributed by atoms with Gasteiger partial charge in [0.25, 0.3) is 0 Å². The Bertz CT molecular complexity index is 828. The Morgan fingerprint density at radius 3 is 2.78 bits per heavy atom. The van der Waals surface area contributed by atoms with Gasteiger partial charge < -0.3 is 15.4 Å². The van der Waals surface area contributed by atoms with Crippen molar-refractivity contribution in [1.82, 2.24) is 4.98 Å². The lowest BCUT2D eigenvalue weighted by atomic mass is 9.76. The Kier molecular flexibility index (Phi) is 4.10. The molecule has 1 aromatic rings. The number of hydrogen-bond donors (Lipinski definition) is 2. The standard InChI is InChI=1S/C22H28N4O/c1-13-6-15(8-17(23)7-13)18-4-5-25-11-20(18)26-12-16(14-2-3-14)9-21-19(26)10-22(24)27-21/h4-5,9-15,17,22H,2-3,6-8,23-24H2,1H3. The van der Waals surface area contributed by atoms with Crippen molar-refractivity contribution in [2.45, 2.75) is 57.2 Å². The highest BCUT2D eigenvalue weighted by molar-refractivity contribution is 5.67. The maximum absolute atomic E-state index is 6.36. The van der Waals surface area contributed by atoms with Crippen LogP contribution in [0.3, 0.4) is 0 Å². The van der Waals surface area contributed by atoms with Gasteiger partial charge in [-0.2, -0.15) is 0 Å². The molecule has 0 spiro atoms. The molecule has 2 aliphatic carbocycles. The summed E-state index contributed by atoms with van der Waals surface area (Å²) in [5.41, 5.74) is 17.3. The summed E-state index contributed by atoms with van der Waals surface area (Å²) in [7, 11) is 0. The molecule has 5 heteroatoms. The van der Waals surface area contributed by atoms with Gasteiger partial charge in [0, 0.05) is 18.4 Å². The molecule has 5 rings (SSSR count). The molecule has 27 heavy (non-hydrogen) atoms. The SMILES string of the molecule is CC1CC(N)CC(c2ccncc2N2C=C(C3CC3)C=C3OC(N)C=C32)C1. The molecule has 0 radical (unpaired) electrons. The summed E-state index contributed by atoms with van der Waals surface area (Å²) in [6.07, 6.45) is 15.8. The highest BCUT2D eigenvalue weighted by Crippen LogP contribution is 2.46. The van der Waals surface area contributed by atoms with Crippen LogP contribution < -0.4 is 16.4 Å². The normalized spacial score (nSPS) is 33.0. The molecule has 2 saturated carbocycles. The third kappa shape index (κ3) is 3.19. The van der Waals surface area contributed by atoms with Crippen molar-refractivity contribution in [3.05, 3.63) is 59.4 Å². The smallest absolute Gasteiger partial charge is 0.169 e. The van der Waals surface area contributed by atoms with Gasteiger partial charge in [-0.15, -0.1) is 0 Å². The van der Waals surface area contributed by atoms with E-state index in [1.807, 2.05) is 18.5 Å². The number of nitrogens with two attached hydrogens (primary N) is 2. The van der Waals surface area contributed by atoms with E-state index in [0.29, 0.717) is 17.8 Å². The van der Waals surface area contributed by atoms with E-state index in [-0.39, 0.29) is 12.3 Å². The van der Waals surface area contributed by atoms with Crippen molar-refractivity contribution in [3.8, 4) is 0 Å². The van der Waals surface area contributed by atoms with Crippen LogP contribution in [0, 0.1) is 11.8 Å². The van der Waals surface area contributed by atoms with E-state index in [4.69, 9.17) is 16.2 Å². The average molecular weight is 364 g/mol. The molecular formula is C22H28N4O. The quantitative estimate of drug-likeness (QED) is 0.858. The van der Waals surface area contributed by atoms with Crippen LogP contribution in [0.15, 0.2) is 53.8 Å². The van der Waals surface area contributed by atoms with E-state index in [1.165, 1.54) is 30.4 Å². The fraction of sp³-hybridized carbons (Fsp3) is 0.500. The maximum Gasteiger partial charge on any atom is 0.169 e. The lowest BCUT2D eigenvalue weighted by molar-refractivity contribution is 0.185. The molecule has 0 saturated heterocycles. The van der Waals surface area contributed by atoms with Crippen molar-refractivity contribution in [2.75, 3.05) is 4.90 Å². The summed E-state index contributed by atoms with van der Waals surface area (Å²) in [5.74, 6) is 2.64. The van der Waals surface area contributed by atoms with Gasteiger partial charge in [0.1, 0.15) is 5.76 Å². The number of nitrogens with zero attached hydrogens (tertiary/aromatic N) is 2. The molecular weight excluding hydrogens is 336 g/mol. The number of fused-ring (bicyclic) bond motifs is 1. The largest absolute Gasteiger partial charge is 0.470 e. The van der Waals surface area contributed by atoms with Gasteiger partial charge in [-0.05, 0) is 79.2 Å². The molecule has 4 aliphatic rings. The predicted molar refractivity (Wildman–Crippen MR) is 106 cm³/mol. The van der Waals surface area contributed by atoms with Gasteiger partial charge in [-0.3, -0.25) is 10.7 Å².